The van der Waals surface area contributed by atoms with Crippen molar-refractivity contribution in [1.29, 1.82) is 0 Å². The van der Waals surface area contributed by atoms with Gasteiger partial charge in [-0.1, -0.05) is 12.8 Å². The lowest BCUT2D eigenvalue weighted by molar-refractivity contribution is -0.153. The normalized spacial score (nSPS) is 30.1. The summed E-state index contributed by atoms with van der Waals surface area (Å²) in [5.41, 5.74) is 0. The maximum atomic E-state index is 11.0. The highest BCUT2D eigenvalue weighted by atomic mass is 16.6. The second kappa shape index (κ2) is 5.10. The Balaban J connectivity index is 0.000000293. The maximum absolute atomic E-state index is 11.0. The number of cyclic esters (lactones) is 2. The van der Waals surface area contributed by atoms with Gasteiger partial charge in [0.05, 0.1) is 11.8 Å². The predicted octanol–water partition coefficient (Wildman–Crippen LogP) is 1.14. The largest absolute Gasteiger partial charge is 0.393 e. The van der Waals surface area contributed by atoms with Gasteiger partial charge >= 0.3 is 11.9 Å². The van der Waals surface area contributed by atoms with E-state index in [4.69, 9.17) is 0 Å². The number of carbonyl (C=O) groups excluding carboxylic acids is 2. The van der Waals surface area contributed by atoms with E-state index in [0.717, 1.165) is 25.7 Å². The molecule has 0 radical (unpaired) electrons. The highest BCUT2D eigenvalue weighted by molar-refractivity contribution is 5.96. The van der Waals surface area contributed by atoms with Gasteiger partial charge in [0.15, 0.2) is 0 Å². The standard InChI is InChI=1S/C8H10O3.C2H6O/c9-7-5-3-1-2-4-6(5)8(10)11-7;1-3-2/h5-6H,1-4H2;1-2H3/t5-,6-;/m1./s1. The maximum Gasteiger partial charge on any atom is 0.317 e. The van der Waals surface area contributed by atoms with Crippen molar-refractivity contribution in [3.05, 3.63) is 0 Å². The van der Waals surface area contributed by atoms with E-state index < -0.39 is 0 Å². The first-order chi connectivity index (χ1) is 6.70. The smallest absolute Gasteiger partial charge is 0.317 e. The Morgan fingerprint density at radius 2 is 1.43 bits per heavy atom. The number of hydrogen-bond donors (Lipinski definition) is 0. The Bertz CT molecular complexity index is 202. The number of methoxy groups -OCH3 is 1. The number of ether oxygens (including phenoxy) is 2. The van der Waals surface area contributed by atoms with Crippen LogP contribution in [0.1, 0.15) is 25.7 Å². The van der Waals surface area contributed by atoms with Crippen molar-refractivity contribution in [3.8, 4) is 0 Å². The highest BCUT2D eigenvalue weighted by Crippen LogP contribution is 2.36. The molecule has 1 saturated carbocycles. The molecule has 4 nitrogen and oxygen atoms in total. The fraction of sp³-hybridized carbons (Fsp3) is 0.800. The van der Waals surface area contributed by atoms with Crippen molar-refractivity contribution in [3.63, 3.8) is 0 Å². The molecule has 0 spiro atoms. The fourth-order valence-electron chi connectivity index (χ4n) is 1.95. The van der Waals surface area contributed by atoms with Crippen LogP contribution in [0.4, 0.5) is 0 Å². The molecule has 0 aromatic heterocycles. The van der Waals surface area contributed by atoms with Crippen LogP contribution in [0.15, 0.2) is 0 Å². The zero-order valence-electron chi connectivity index (χ0n) is 8.62. The fourth-order valence-corrected chi connectivity index (χ4v) is 1.95. The van der Waals surface area contributed by atoms with Gasteiger partial charge in [-0.2, -0.15) is 0 Å². The summed E-state index contributed by atoms with van der Waals surface area (Å²) in [6.45, 7) is 0. The minimum Gasteiger partial charge on any atom is -0.393 e. The average Bonchev–Trinajstić information content (AvgIpc) is 2.45. The van der Waals surface area contributed by atoms with Crippen molar-refractivity contribution >= 4 is 11.9 Å². The second-order valence-electron chi connectivity index (χ2n) is 3.65. The van der Waals surface area contributed by atoms with Crippen LogP contribution in [-0.4, -0.2) is 26.2 Å². The van der Waals surface area contributed by atoms with Crippen molar-refractivity contribution in [1.82, 2.24) is 0 Å². The van der Waals surface area contributed by atoms with Gasteiger partial charge in [0, 0.05) is 14.2 Å². The van der Waals surface area contributed by atoms with Gasteiger partial charge in [-0.25, -0.2) is 0 Å². The molecule has 4 heteroatoms. The van der Waals surface area contributed by atoms with Gasteiger partial charge in [0.1, 0.15) is 0 Å². The van der Waals surface area contributed by atoms with E-state index in [-0.39, 0.29) is 23.8 Å². The third-order valence-electron chi connectivity index (χ3n) is 2.57. The Morgan fingerprint density at radius 3 is 1.79 bits per heavy atom. The third kappa shape index (κ3) is 2.32. The first kappa shape index (κ1) is 11.2. The van der Waals surface area contributed by atoms with Crippen molar-refractivity contribution in [2.75, 3.05) is 14.2 Å². The molecule has 14 heavy (non-hydrogen) atoms. The first-order valence-electron chi connectivity index (χ1n) is 4.86. The predicted molar refractivity (Wildman–Crippen MR) is 49.5 cm³/mol. The molecule has 1 heterocycles. The van der Waals surface area contributed by atoms with E-state index in [1.165, 1.54) is 0 Å². The summed E-state index contributed by atoms with van der Waals surface area (Å²) in [7, 11) is 3.25. The lowest BCUT2D eigenvalue weighted by atomic mass is 9.81. The van der Waals surface area contributed by atoms with Crippen LogP contribution >= 0.6 is 0 Å². The van der Waals surface area contributed by atoms with Crippen molar-refractivity contribution < 1.29 is 19.1 Å². The summed E-state index contributed by atoms with van der Waals surface area (Å²) >= 11 is 0. The quantitative estimate of drug-likeness (QED) is 0.434. The van der Waals surface area contributed by atoms with Crippen molar-refractivity contribution in [2.24, 2.45) is 11.8 Å². The van der Waals surface area contributed by atoms with Crippen LogP contribution in [0.5, 0.6) is 0 Å². The molecule has 0 aromatic carbocycles. The number of esters is 2. The van der Waals surface area contributed by atoms with Crippen LogP contribution in [-0.2, 0) is 19.1 Å². The van der Waals surface area contributed by atoms with Crippen LogP contribution in [0, 0.1) is 11.8 Å². The molecule has 2 atom stereocenters. The summed E-state index contributed by atoms with van der Waals surface area (Å²) in [5.74, 6) is -0.785. The zero-order chi connectivity index (χ0) is 10.6. The molecule has 0 amide bonds. The van der Waals surface area contributed by atoms with Crippen LogP contribution in [0.25, 0.3) is 0 Å². The molecule has 0 unspecified atom stereocenters. The first-order valence-corrected chi connectivity index (χ1v) is 4.86. The summed E-state index contributed by atoms with van der Waals surface area (Å²) in [6, 6.07) is 0. The Labute approximate surface area is 83.6 Å². The second-order valence-corrected chi connectivity index (χ2v) is 3.65. The number of rotatable bonds is 0. The van der Waals surface area contributed by atoms with E-state index >= 15 is 0 Å². The summed E-state index contributed by atoms with van der Waals surface area (Å²) in [6.07, 6.45) is 3.80. The number of carbonyl (C=O) groups is 2. The van der Waals surface area contributed by atoms with Crippen molar-refractivity contribution in [2.45, 2.75) is 25.7 Å². The number of fused-ring (bicyclic) bond motifs is 1. The molecule has 2 fully saturated rings. The highest BCUT2D eigenvalue weighted by Gasteiger charge is 2.44. The lowest BCUT2D eigenvalue weighted by Gasteiger charge is -2.18. The summed E-state index contributed by atoms with van der Waals surface area (Å²) in [4.78, 5) is 22.0. The Morgan fingerprint density at radius 1 is 1.07 bits per heavy atom. The molecule has 2 rings (SSSR count). The van der Waals surface area contributed by atoms with E-state index in [0.29, 0.717) is 0 Å². The molecular weight excluding hydrogens is 184 g/mol. The number of hydrogen-bond acceptors (Lipinski definition) is 4. The SMILES string of the molecule is COC.O=C1OC(=O)[C@@H]2CCCC[C@@H]12. The molecular formula is C10H16O4. The zero-order valence-corrected chi connectivity index (χ0v) is 8.62. The molecule has 2 aliphatic rings. The van der Waals surface area contributed by atoms with E-state index in [1.807, 2.05) is 0 Å². The Kier molecular flexibility index (Phi) is 4.07. The van der Waals surface area contributed by atoms with E-state index in [1.54, 1.807) is 14.2 Å². The Hall–Kier alpha value is -0.900. The molecule has 0 N–H and O–H groups in total. The van der Waals surface area contributed by atoms with E-state index in [2.05, 4.69) is 9.47 Å². The van der Waals surface area contributed by atoms with Crippen LogP contribution in [0.2, 0.25) is 0 Å². The molecule has 0 bridgehead atoms. The van der Waals surface area contributed by atoms with Gasteiger partial charge in [0.25, 0.3) is 0 Å². The van der Waals surface area contributed by atoms with E-state index in [9.17, 15) is 9.59 Å². The van der Waals surface area contributed by atoms with Crippen LogP contribution in [0.3, 0.4) is 0 Å². The third-order valence-corrected chi connectivity index (χ3v) is 2.57. The average molecular weight is 200 g/mol. The minimum absolute atomic E-state index is 0.101. The molecule has 80 valence electrons. The molecule has 1 saturated heterocycles. The summed E-state index contributed by atoms with van der Waals surface area (Å²) in [5, 5.41) is 0. The van der Waals surface area contributed by atoms with Gasteiger partial charge < -0.3 is 9.47 Å². The van der Waals surface area contributed by atoms with Gasteiger partial charge in [-0.3, -0.25) is 9.59 Å². The van der Waals surface area contributed by atoms with Gasteiger partial charge in [0.2, 0.25) is 0 Å². The monoisotopic (exact) mass is 200 g/mol. The molecule has 0 aromatic rings. The summed E-state index contributed by atoms with van der Waals surface area (Å²) < 4.78 is 8.78. The minimum atomic E-state index is -0.292. The van der Waals surface area contributed by atoms with Gasteiger partial charge in [-0.15, -0.1) is 0 Å². The van der Waals surface area contributed by atoms with Crippen LogP contribution < -0.4 is 0 Å². The molecule has 1 aliphatic heterocycles. The topological polar surface area (TPSA) is 52.6 Å². The molecule has 1 aliphatic carbocycles. The van der Waals surface area contributed by atoms with Gasteiger partial charge in [-0.05, 0) is 12.8 Å². The lowest BCUT2D eigenvalue weighted by Crippen LogP contribution is -2.21.